The van der Waals surface area contributed by atoms with Gasteiger partial charge in [0.2, 0.25) is 0 Å². The van der Waals surface area contributed by atoms with E-state index in [2.05, 4.69) is 113 Å². The van der Waals surface area contributed by atoms with Crippen molar-refractivity contribution in [3.8, 4) is 50.8 Å². The number of hydrogen-bond acceptors (Lipinski definition) is 1. The SMILES string of the molecule is Cc1cc(C)c(-c2ccc3c4ccccc4n(-c4cc(C#N)c(-c5ccc(C(F)(F)F)cc5C(F)(F)F)cc4-n4c5ccccc5c5ccc(-c6c(C)cc(C)cc6C)cc54)c3c2)c(C)c1. The average Bonchev–Trinajstić information content (AvgIpc) is 3.76. The first-order valence-electron chi connectivity index (χ1n) is 21.5. The van der Waals surface area contributed by atoms with Crippen molar-refractivity contribution in [2.45, 2.75) is 53.9 Å². The van der Waals surface area contributed by atoms with Crippen LogP contribution in [0, 0.1) is 52.9 Å². The van der Waals surface area contributed by atoms with Crippen LogP contribution in [-0.2, 0) is 12.4 Å². The number of benzene rings is 8. The van der Waals surface area contributed by atoms with Gasteiger partial charge in [0.25, 0.3) is 0 Å². The molecule has 0 spiro atoms. The zero-order valence-corrected chi connectivity index (χ0v) is 36.9. The summed E-state index contributed by atoms with van der Waals surface area (Å²) < 4.78 is 91.4. The van der Waals surface area contributed by atoms with Gasteiger partial charge in [-0.25, -0.2) is 0 Å². The zero-order valence-electron chi connectivity index (χ0n) is 36.9. The molecule has 0 fully saturated rings. The van der Waals surface area contributed by atoms with Crippen LogP contribution in [0.2, 0.25) is 0 Å². The van der Waals surface area contributed by atoms with E-state index in [1.807, 2.05) is 53.1 Å². The number of halogens is 6. The molecule has 326 valence electrons. The number of fused-ring (bicyclic) bond motifs is 6. The highest BCUT2D eigenvalue weighted by molar-refractivity contribution is 6.13. The van der Waals surface area contributed by atoms with E-state index in [-0.39, 0.29) is 17.2 Å². The molecule has 0 atom stereocenters. The predicted octanol–water partition coefficient (Wildman–Crippen LogP) is 16.6. The number of aryl methyl sites for hydroxylation is 6. The van der Waals surface area contributed by atoms with Gasteiger partial charge in [-0.3, -0.25) is 0 Å². The molecular formula is C57H41F6N3. The van der Waals surface area contributed by atoms with Crippen molar-refractivity contribution in [2.24, 2.45) is 0 Å². The van der Waals surface area contributed by atoms with Crippen LogP contribution in [0.3, 0.4) is 0 Å². The van der Waals surface area contributed by atoms with Crippen LogP contribution in [0.15, 0.2) is 140 Å². The molecule has 0 saturated heterocycles. The molecule has 10 rings (SSSR count). The third-order valence-corrected chi connectivity index (χ3v) is 12.9. The Morgan fingerprint density at radius 3 is 1.30 bits per heavy atom. The number of nitrogens with zero attached hydrogens (tertiary/aromatic N) is 3. The smallest absolute Gasteiger partial charge is 0.307 e. The molecule has 0 aliphatic heterocycles. The van der Waals surface area contributed by atoms with Crippen molar-refractivity contribution in [3.05, 3.63) is 190 Å². The lowest BCUT2D eigenvalue weighted by Gasteiger charge is -2.22. The molecule has 0 aliphatic rings. The van der Waals surface area contributed by atoms with Gasteiger partial charge in [0.15, 0.2) is 0 Å². The van der Waals surface area contributed by atoms with E-state index in [0.29, 0.717) is 17.4 Å². The van der Waals surface area contributed by atoms with Crippen molar-refractivity contribution in [1.29, 1.82) is 5.26 Å². The number of nitriles is 1. The number of rotatable bonds is 5. The van der Waals surface area contributed by atoms with Gasteiger partial charge < -0.3 is 9.13 Å². The molecule has 9 heteroatoms. The summed E-state index contributed by atoms with van der Waals surface area (Å²) >= 11 is 0. The Kier molecular flexibility index (Phi) is 9.81. The molecule has 0 bridgehead atoms. The molecule has 3 nitrogen and oxygen atoms in total. The second kappa shape index (κ2) is 15.3. The van der Waals surface area contributed by atoms with E-state index >= 15 is 13.2 Å². The van der Waals surface area contributed by atoms with Gasteiger partial charge in [0.1, 0.15) is 0 Å². The average molecular weight is 882 g/mol. The zero-order chi connectivity index (χ0) is 46.6. The summed E-state index contributed by atoms with van der Waals surface area (Å²) in [4.78, 5) is 0. The van der Waals surface area contributed by atoms with E-state index in [4.69, 9.17) is 0 Å². The highest BCUT2D eigenvalue weighted by atomic mass is 19.4. The summed E-state index contributed by atoms with van der Waals surface area (Å²) in [6.45, 7) is 12.4. The molecule has 66 heavy (non-hydrogen) atoms. The van der Waals surface area contributed by atoms with E-state index < -0.39 is 29.0 Å². The number of aromatic nitrogens is 2. The quantitative estimate of drug-likeness (QED) is 0.159. The lowest BCUT2D eigenvalue weighted by molar-refractivity contribution is -0.142. The molecule has 0 unspecified atom stereocenters. The summed E-state index contributed by atoms with van der Waals surface area (Å²) in [5.41, 5.74) is 10.9. The van der Waals surface area contributed by atoms with Gasteiger partial charge in [-0.05, 0) is 140 Å². The van der Waals surface area contributed by atoms with Crippen LogP contribution in [-0.4, -0.2) is 9.13 Å². The molecule has 8 aromatic carbocycles. The minimum atomic E-state index is -5.19. The lowest BCUT2D eigenvalue weighted by Crippen LogP contribution is -2.13. The maximum atomic E-state index is 15.1. The molecule has 0 radical (unpaired) electrons. The molecule has 2 heterocycles. The van der Waals surface area contributed by atoms with Gasteiger partial charge in [-0.15, -0.1) is 0 Å². The fourth-order valence-electron chi connectivity index (χ4n) is 10.5. The summed E-state index contributed by atoms with van der Waals surface area (Å²) in [6.07, 6.45) is -10.2. The molecule has 2 aromatic heterocycles. The summed E-state index contributed by atoms with van der Waals surface area (Å²) in [5, 5.41) is 14.6. The second-order valence-electron chi connectivity index (χ2n) is 17.5. The van der Waals surface area contributed by atoms with Gasteiger partial charge in [-0.1, -0.05) is 102 Å². The molecule has 0 amide bonds. The predicted molar refractivity (Wildman–Crippen MR) is 255 cm³/mol. The highest BCUT2D eigenvalue weighted by Crippen LogP contribution is 2.46. The maximum absolute atomic E-state index is 15.1. The minimum absolute atomic E-state index is 0.132. The standard InChI is InChI=1S/C57H41F6N3/c1-31-21-33(3)54(34(4)22-31)37-15-18-44-42-11-7-9-13-48(42)65(50(44)25-37)52-27-39(30-64)46(41-20-17-40(56(58,59)60)28-47(41)57(61,62)63)29-53(52)66-49-14-10-8-12-43(49)45-19-16-38(26-51(45)66)55-35(5)23-32(2)24-36(55)6/h7-29H,1-6H3. The Morgan fingerprint density at radius 2 is 0.864 bits per heavy atom. The van der Waals surface area contributed by atoms with Gasteiger partial charge in [0, 0.05) is 27.1 Å². The largest absolute Gasteiger partial charge is 0.417 e. The van der Waals surface area contributed by atoms with Gasteiger partial charge in [0.05, 0.1) is 56.2 Å². The Balaban J connectivity index is 1.38. The van der Waals surface area contributed by atoms with E-state index in [9.17, 15) is 18.4 Å². The van der Waals surface area contributed by atoms with E-state index in [1.54, 1.807) is 12.1 Å². The molecular weight excluding hydrogens is 841 g/mol. The molecule has 0 aliphatic carbocycles. The maximum Gasteiger partial charge on any atom is 0.417 e. The minimum Gasteiger partial charge on any atom is -0.307 e. The summed E-state index contributed by atoms with van der Waals surface area (Å²) in [7, 11) is 0. The molecule has 10 aromatic rings. The van der Waals surface area contributed by atoms with E-state index in [0.717, 1.165) is 105 Å². The number of para-hydroxylation sites is 2. The van der Waals surface area contributed by atoms with Crippen LogP contribution in [0.4, 0.5) is 26.3 Å². The van der Waals surface area contributed by atoms with E-state index in [1.165, 1.54) is 0 Å². The van der Waals surface area contributed by atoms with Crippen molar-refractivity contribution in [2.75, 3.05) is 0 Å². The highest BCUT2D eigenvalue weighted by Gasteiger charge is 2.39. The van der Waals surface area contributed by atoms with Crippen molar-refractivity contribution in [1.82, 2.24) is 9.13 Å². The van der Waals surface area contributed by atoms with Crippen molar-refractivity contribution in [3.63, 3.8) is 0 Å². The first kappa shape index (κ1) is 42.4. The van der Waals surface area contributed by atoms with Gasteiger partial charge >= 0.3 is 12.4 Å². The fraction of sp³-hybridized carbons (Fsp3) is 0.140. The third kappa shape index (κ3) is 6.82. The van der Waals surface area contributed by atoms with Gasteiger partial charge in [-0.2, -0.15) is 31.6 Å². The number of hydrogen-bond donors (Lipinski definition) is 0. The van der Waals surface area contributed by atoms with Crippen LogP contribution in [0.5, 0.6) is 0 Å². The van der Waals surface area contributed by atoms with Crippen LogP contribution in [0.1, 0.15) is 50.1 Å². The fourth-order valence-corrected chi connectivity index (χ4v) is 10.5. The summed E-state index contributed by atoms with van der Waals surface area (Å²) in [6, 6.07) is 43.6. The monoisotopic (exact) mass is 881 g/mol. The molecule has 0 saturated carbocycles. The Morgan fingerprint density at radius 1 is 0.424 bits per heavy atom. The van der Waals surface area contributed by atoms with Crippen LogP contribution < -0.4 is 0 Å². The second-order valence-corrected chi connectivity index (χ2v) is 17.5. The Labute approximate surface area is 377 Å². The number of alkyl halides is 6. The van der Waals surface area contributed by atoms with Crippen molar-refractivity contribution >= 4 is 43.6 Å². The Bertz CT molecular complexity index is 3660. The third-order valence-electron chi connectivity index (χ3n) is 12.9. The summed E-state index contributed by atoms with van der Waals surface area (Å²) in [5.74, 6) is 0. The topological polar surface area (TPSA) is 33.6 Å². The Hall–Kier alpha value is -7.57. The normalized spacial score (nSPS) is 12.2. The van der Waals surface area contributed by atoms with Crippen LogP contribution >= 0.6 is 0 Å². The first-order chi connectivity index (χ1) is 31.4. The van der Waals surface area contributed by atoms with Crippen LogP contribution in [0.25, 0.3) is 88.4 Å². The molecule has 0 N–H and O–H groups in total. The first-order valence-corrected chi connectivity index (χ1v) is 21.5. The van der Waals surface area contributed by atoms with Crippen molar-refractivity contribution < 1.29 is 26.3 Å². The lowest BCUT2D eigenvalue weighted by atomic mass is 9.92.